The molecule has 2 aliphatic heterocycles. The number of fused-ring (bicyclic) bond motifs is 1. The molecule has 2 atom stereocenters. The van der Waals surface area contributed by atoms with E-state index in [0.29, 0.717) is 31.3 Å². The molecule has 2 amide bonds. The van der Waals surface area contributed by atoms with E-state index in [1.165, 1.54) is 0 Å². The molecule has 108 valence electrons. The number of likely N-dealkylation sites (tertiary alicyclic amines) is 1. The molecule has 19 heavy (non-hydrogen) atoms. The molecular weight excluding hydrogens is 244 g/mol. The molecule has 0 aromatic carbocycles. The smallest absolute Gasteiger partial charge is 0.410 e. The largest absolute Gasteiger partial charge is 0.444 e. The summed E-state index contributed by atoms with van der Waals surface area (Å²) in [5.41, 5.74) is -0.449. The van der Waals surface area contributed by atoms with Crippen LogP contribution in [0.4, 0.5) is 4.79 Å². The van der Waals surface area contributed by atoms with Gasteiger partial charge in [-0.3, -0.25) is 4.79 Å². The highest BCUT2D eigenvalue weighted by atomic mass is 16.6. The van der Waals surface area contributed by atoms with Crippen molar-refractivity contribution in [3.8, 4) is 0 Å². The van der Waals surface area contributed by atoms with Gasteiger partial charge in [-0.05, 0) is 45.4 Å². The van der Waals surface area contributed by atoms with E-state index in [1.807, 2.05) is 20.8 Å². The third kappa shape index (κ3) is 3.85. The van der Waals surface area contributed by atoms with Crippen LogP contribution in [0.2, 0.25) is 0 Å². The van der Waals surface area contributed by atoms with Gasteiger partial charge >= 0.3 is 6.09 Å². The van der Waals surface area contributed by atoms with Crippen LogP contribution in [-0.4, -0.2) is 42.1 Å². The minimum absolute atomic E-state index is 0.151. The summed E-state index contributed by atoms with van der Waals surface area (Å²) < 4.78 is 5.41. The molecule has 0 radical (unpaired) electrons. The van der Waals surface area contributed by atoms with Crippen LogP contribution in [0.5, 0.6) is 0 Å². The Bertz CT molecular complexity index is 362. The van der Waals surface area contributed by atoms with E-state index in [1.54, 1.807) is 4.90 Å². The summed E-state index contributed by atoms with van der Waals surface area (Å²) in [5.74, 6) is 0.986. The number of hydrogen-bond acceptors (Lipinski definition) is 3. The lowest BCUT2D eigenvalue weighted by Crippen LogP contribution is -2.45. The van der Waals surface area contributed by atoms with Crippen LogP contribution in [0.25, 0.3) is 0 Å². The number of amides is 2. The van der Waals surface area contributed by atoms with Crippen LogP contribution in [0, 0.1) is 11.8 Å². The van der Waals surface area contributed by atoms with E-state index in [9.17, 15) is 9.59 Å². The molecule has 0 bridgehead atoms. The third-order valence-corrected chi connectivity index (χ3v) is 3.83. The second kappa shape index (κ2) is 5.39. The molecule has 1 N–H and O–H groups in total. The summed E-state index contributed by atoms with van der Waals surface area (Å²) in [7, 11) is 0. The molecule has 0 spiro atoms. The highest BCUT2D eigenvalue weighted by molar-refractivity contribution is 5.76. The van der Waals surface area contributed by atoms with Gasteiger partial charge in [-0.25, -0.2) is 4.79 Å². The number of piperidine rings is 1. The van der Waals surface area contributed by atoms with Crippen LogP contribution in [0.3, 0.4) is 0 Å². The SMILES string of the molecule is CC(C)(C)OC(=O)N1CCC2CC(=O)NCCC2C1. The van der Waals surface area contributed by atoms with Gasteiger partial charge in [0, 0.05) is 26.1 Å². The maximum Gasteiger partial charge on any atom is 0.410 e. The van der Waals surface area contributed by atoms with Crippen LogP contribution in [0.15, 0.2) is 0 Å². The van der Waals surface area contributed by atoms with Gasteiger partial charge in [0.1, 0.15) is 5.60 Å². The van der Waals surface area contributed by atoms with Crippen molar-refractivity contribution in [2.24, 2.45) is 11.8 Å². The Balaban J connectivity index is 1.94. The standard InChI is InChI=1S/C14H24N2O3/c1-14(2,3)19-13(18)16-7-5-10-8-12(17)15-6-4-11(10)9-16/h10-11H,4-9H2,1-3H3,(H,15,17). The number of nitrogens with zero attached hydrogens (tertiary/aromatic N) is 1. The van der Waals surface area contributed by atoms with Crippen LogP contribution >= 0.6 is 0 Å². The van der Waals surface area contributed by atoms with Crippen molar-refractivity contribution in [3.05, 3.63) is 0 Å². The minimum atomic E-state index is -0.449. The van der Waals surface area contributed by atoms with Gasteiger partial charge in [0.25, 0.3) is 0 Å². The summed E-state index contributed by atoms with van der Waals surface area (Å²) in [6, 6.07) is 0. The predicted molar refractivity (Wildman–Crippen MR) is 71.6 cm³/mol. The zero-order valence-corrected chi connectivity index (χ0v) is 12.1. The lowest BCUT2D eigenvalue weighted by Gasteiger charge is -2.37. The molecular formula is C14H24N2O3. The van der Waals surface area contributed by atoms with Crippen molar-refractivity contribution in [2.45, 2.75) is 45.6 Å². The normalized spacial score (nSPS) is 28.2. The zero-order chi connectivity index (χ0) is 14.0. The summed E-state index contributed by atoms with van der Waals surface area (Å²) >= 11 is 0. The van der Waals surface area contributed by atoms with Crippen molar-refractivity contribution in [1.29, 1.82) is 0 Å². The Hall–Kier alpha value is -1.26. The Kier molecular flexibility index (Phi) is 4.02. The molecule has 2 unspecified atom stereocenters. The second-order valence-electron chi connectivity index (χ2n) is 6.58. The Morgan fingerprint density at radius 1 is 1.32 bits per heavy atom. The molecule has 2 fully saturated rings. The Morgan fingerprint density at radius 3 is 2.74 bits per heavy atom. The van der Waals surface area contributed by atoms with Gasteiger partial charge < -0.3 is 15.0 Å². The van der Waals surface area contributed by atoms with E-state index in [2.05, 4.69) is 5.32 Å². The van der Waals surface area contributed by atoms with Gasteiger partial charge in [-0.15, -0.1) is 0 Å². The first-order chi connectivity index (χ1) is 8.85. The first-order valence-corrected chi connectivity index (χ1v) is 7.10. The molecule has 2 aliphatic rings. The average Bonchev–Trinajstić information content (AvgIpc) is 2.46. The van der Waals surface area contributed by atoms with Crippen molar-refractivity contribution in [2.75, 3.05) is 19.6 Å². The molecule has 5 nitrogen and oxygen atoms in total. The van der Waals surface area contributed by atoms with E-state index in [0.717, 1.165) is 19.4 Å². The predicted octanol–water partition coefficient (Wildman–Crippen LogP) is 1.77. The number of hydrogen-bond donors (Lipinski definition) is 1. The molecule has 2 saturated heterocycles. The molecule has 5 heteroatoms. The average molecular weight is 268 g/mol. The van der Waals surface area contributed by atoms with Gasteiger partial charge in [0.15, 0.2) is 0 Å². The van der Waals surface area contributed by atoms with E-state index in [4.69, 9.17) is 4.74 Å². The summed E-state index contributed by atoms with van der Waals surface area (Å²) in [6.07, 6.45) is 2.23. The minimum Gasteiger partial charge on any atom is -0.444 e. The maximum absolute atomic E-state index is 12.1. The lowest BCUT2D eigenvalue weighted by atomic mass is 9.82. The van der Waals surface area contributed by atoms with E-state index in [-0.39, 0.29) is 12.0 Å². The fraction of sp³-hybridized carbons (Fsp3) is 0.857. The Morgan fingerprint density at radius 2 is 2.05 bits per heavy atom. The van der Waals surface area contributed by atoms with Crippen molar-refractivity contribution < 1.29 is 14.3 Å². The molecule has 2 heterocycles. The first-order valence-electron chi connectivity index (χ1n) is 7.10. The van der Waals surface area contributed by atoms with E-state index >= 15 is 0 Å². The number of carbonyl (C=O) groups is 2. The van der Waals surface area contributed by atoms with Crippen molar-refractivity contribution >= 4 is 12.0 Å². The van der Waals surface area contributed by atoms with Crippen LogP contribution < -0.4 is 5.32 Å². The number of nitrogens with one attached hydrogen (secondary N) is 1. The maximum atomic E-state index is 12.1. The highest BCUT2D eigenvalue weighted by Gasteiger charge is 2.35. The molecule has 0 aromatic rings. The number of rotatable bonds is 0. The topological polar surface area (TPSA) is 58.6 Å². The molecule has 0 aromatic heterocycles. The quantitative estimate of drug-likeness (QED) is 0.728. The highest BCUT2D eigenvalue weighted by Crippen LogP contribution is 2.31. The Labute approximate surface area is 114 Å². The monoisotopic (exact) mass is 268 g/mol. The van der Waals surface area contributed by atoms with Crippen molar-refractivity contribution in [1.82, 2.24) is 10.2 Å². The van der Waals surface area contributed by atoms with Crippen LogP contribution in [-0.2, 0) is 9.53 Å². The van der Waals surface area contributed by atoms with E-state index < -0.39 is 5.60 Å². The van der Waals surface area contributed by atoms with Crippen molar-refractivity contribution in [3.63, 3.8) is 0 Å². The fourth-order valence-corrected chi connectivity index (χ4v) is 2.88. The van der Waals surface area contributed by atoms with Gasteiger partial charge in [0.05, 0.1) is 0 Å². The summed E-state index contributed by atoms with van der Waals surface area (Å²) in [6.45, 7) is 7.78. The lowest BCUT2D eigenvalue weighted by molar-refractivity contribution is -0.121. The molecule has 0 aliphatic carbocycles. The first kappa shape index (κ1) is 14.2. The number of carbonyl (C=O) groups excluding carboxylic acids is 2. The van der Waals surface area contributed by atoms with Crippen LogP contribution in [0.1, 0.15) is 40.0 Å². The number of ether oxygens (including phenoxy) is 1. The van der Waals surface area contributed by atoms with Gasteiger partial charge in [0.2, 0.25) is 5.91 Å². The molecule has 0 saturated carbocycles. The van der Waals surface area contributed by atoms with Gasteiger partial charge in [-0.2, -0.15) is 0 Å². The fourth-order valence-electron chi connectivity index (χ4n) is 2.88. The zero-order valence-electron chi connectivity index (χ0n) is 12.1. The van der Waals surface area contributed by atoms with Gasteiger partial charge in [-0.1, -0.05) is 0 Å². The molecule has 2 rings (SSSR count). The second-order valence-corrected chi connectivity index (χ2v) is 6.58. The summed E-state index contributed by atoms with van der Waals surface area (Å²) in [4.78, 5) is 25.4. The third-order valence-electron chi connectivity index (χ3n) is 3.83. The summed E-state index contributed by atoms with van der Waals surface area (Å²) in [5, 5.41) is 2.91.